The Hall–Kier alpha value is -2.08. The van der Waals surface area contributed by atoms with Crippen LogP contribution in [0.4, 0.5) is 5.69 Å². The first kappa shape index (κ1) is 13.4. The number of carbonyl (C=O) groups is 2. The Labute approximate surface area is 110 Å². The minimum atomic E-state index is -0.518. The average Bonchev–Trinajstić information content (AvgIpc) is 2.41. The molecule has 0 radical (unpaired) electrons. The van der Waals surface area contributed by atoms with Crippen LogP contribution in [0.1, 0.15) is 23.2 Å². The lowest BCUT2D eigenvalue weighted by molar-refractivity contribution is -0.384. The first-order valence-electron chi connectivity index (χ1n) is 6.08. The molecule has 2 rings (SSSR count). The Morgan fingerprint density at radius 1 is 1.32 bits per heavy atom. The fourth-order valence-electron chi connectivity index (χ4n) is 2.05. The smallest absolute Gasteiger partial charge is 0.270 e. The third-order valence-electron chi connectivity index (χ3n) is 3.16. The summed E-state index contributed by atoms with van der Waals surface area (Å²) < 4.78 is 0. The zero-order chi connectivity index (χ0) is 13.8. The molecule has 0 atom stereocenters. The van der Waals surface area contributed by atoms with Gasteiger partial charge in [-0.15, -0.1) is 0 Å². The van der Waals surface area contributed by atoms with Crippen LogP contribution in [0.2, 0.25) is 0 Å². The second kappa shape index (κ2) is 5.71. The molecule has 0 N–H and O–H groups in total. The van der Waals surface area contributed by atoms with Crippen molar-refractivity contribution in [3.05, 3.63) is 39.9 Å². The van der Waals surface area contributed by atoms with E-state index >= 15 is 0 Å². The molecule has 1 aromatic carbocycles. The van der Waals surface area contributed by atoms with Crippen molar-refractivity contribution < 1.29 is 14.5 Å². The number of hydrogen-bond acceptors (Lipinski definition) is 5. The molecule has 0 bridgehead atoms. The number of rotatable bonds is 4. The summed E-state index contributed by atoms with van der Waals surface area (Å²) in [5.74, 6) is 0.0668. The second-order valence-electron chi connectivity index (χ2n) is 4.55. The molecule has 0 spiro atoms. The first-order chi connectivity index (χ1) is 9.06. The Bertz CT molecular complexity index is 517. The van der Waals surface area contributed by atoms with Crippen molar-refractivity contribution in [1.82, 2.24) is 4.90 Å². The number of Topliss-reactive ketones (excluding diaryl/α,β-unsaturated/α-hetero) is 2. The molecule has 1 fully saturated rings. The molecule has 0 aliphatic carbocycles. The van der Waals surface area contributed by atoms with Gasteiger partial charge in [0.05, 0.1) is 11.5 Å². The second-order valence-corrected chi connectivity index (χ2v) is 4.55. The molecular formula is C13H14N2O4. The van der Waals surface area contributed by atoms with Crippen molar-refractivity contribution in [3.8, 4) is 0 Å². The van der Waals surface area contributed by atoms with Crippen molar-refractivity contribution in [3.63, 3.8) is 0 Å². The lowest BCUT2D eigenvalue weighted by atomic mass is 10.1. The van der Waals surface area contributed by atoms with E-state index in [2.05, 4.69) is 0 Å². The van der Waals surface area contributed by atoms with Crippen molar-refractivity contribution in [2.24, 2.45) is 0 Å². The standard InChI is InChI=1S/C13H14N2O4/c16-12-4-6-14(7-5-12)9-13(17)10-2-1-3-11(8-10)15(18)19/h1-3,8H,4-7,9H2. The molecule has 1 heterocycles. The van der Waals surface area contributed by atoms with Gasteiger partial charge < -0.3 is 0 Å². The van der Waals surface area contributed by atoms with Gasteiger partial charge in [-0.25, -0.2) is 0 Å². The van der Waals surface area contributed by atoms with E-state index in [0.717, 1.165) is 0 Å². The highest BCUT2D eigenvalue weighted by molar-refractivity contribution is 5.98. The maximum Gasteiger partial charge on any atom is 0.270 e. The van der Waals surface area contributed by atoms with Crippen LogP contribution in [0, 0.1) is 10.1 Å². The normalized spacial score (nSPS) is 16.3. The van der Waals surface area contributed by atoms with Crippen molar-refractivity contribution in [2.45, 2.75) is 12.8 Å². The number of carbonyl (C=O) groups excluding carboxylic acids is 2. The number of ketones is 2. The molecular weight excluding hydrogens is 248 g/mol. The lowest BCUT2D eigenvalue weighted by Crippen LogP contribution is -2.37. The highest BCUT2D eigenvalue weighted by atomic mass is 16.6. The number of hydrogen-bond donors (Lipinski definition) is 0. The maximum atomic E-state index is 12.0. The Morgan fingerprint density at radius 2 is 2.00 bits per heavy atom. The minimum absolute atomic E-state index is 0.0836. The van der Waals surface area contributed by atoms with E-state index < -0.39 is 4.92 Å². The number of nitro benzene ring substituents is 1. The number of nitro groups is 1. The molecule has 1 aliphatic heterocycles. The van der Waals surface area contributed by atoms with Gasteiger partial charge in [0.25, 0.3) is 5.69 Å². The number of benzene rings is 1. The summed E-state index contributed by atoms with van der Waals surface area (Å²) in [5.41, 5.74) is 0.255. The summed E-state index contributed by atoms with van der Waals surface area (Å²) in [6.45, 7) is 1.37. The van der Waals surface area contributed by atoms with Crippen LogP contribution in [0.3, 0.4) is 0 Å². The Morgan fingerprint density at radius 3 is 2.63 bits per heavy atom. The largest absolute Gasteiger partial charge is 0.300 e. The van der Waals surface area contributed by atoms with E-state index in [1.165, 1.54) is 18.2 Å². The molecule has 0 aromatic heterocycles. The molecule has 0 saturated carbocycles. The summed E-state index contributed by atoms with van der Waals surface area (Å²) in [6, 6.07) is 5.73. The summed E-state index contributed by atoms with van der Waals surface area (Å²) in [6.07, 6.45) is 0.949. The first-order valence-corrected chi connectivity index (χ1v) is 6.08. The van der Waals surface area contributed by atoms with Crippen LogP contribution in [0.25, 0.3) is 0 Å². The van der Waals surface area contributed by atoms with Crippen molar-refractivity contribution in [1.29, 1.82) is 0 Å². The van der Waals surface area contributed by atoms with Crippen LogP contribution in [-0.2, 0) is 4.79 Å². The molecule has 100 valence electrons. The number of piperidine rings is 1. The van der Waals surface area contributed by atoms with Crippen LogP contribution in [0.5, 0.6) is 0 Å². The van der Waals surface area contributed by atoms with E-state index in [9.17, 15) is 19.7 Å². The van der Waals surface area contributed by atoms with Gasteiger partial charge in [-0.05, 0) is 0 Å². The Balaban J connectivity index is 2.01. The third-order valence-corrected chi connectivity index (χ3v) is 3.16. The predicted octanol–water partition coefficient (Wildman–Crippen LogP) is 1.44. The third kappa shape index (κ3) is 3.45. The monoisotopic (exact) mass is 262 g/mol. The van der Waals surface area contributed by atoms with Gasteiger partial charge in [0.1, 0.15) is 5.78 Å². The quantitative estimate of drug-likeness (QED) is 0.466. The van der Waals surface area contributed by atoms with E-state index in [-0.39, 0.29) is 23.8 Å². The van der Waals surface area contributed by atoms with Gasteiger partial charge >= 0.3 is 0 Å². The Kier molecular flexibility index (Phi) is 4.01. The molecule has 0 amide bonds. The fourth-order valence-corrected chi connectivity index (χ4v) is 2.05. The molecule has 0 unspecified atom stereocenters. The minimum Gasteiger partial charge on any atom is -0.300 e. The number of non-ortho nitro benzene ring substituents is 1. The molecule has 6 heteroatoms. The van der Waals surface area contributed by atoms with Gasteiger partial charge in [-0.2, -0.15) is 0 Å². The van der Waals surface area contributed by atoms with Gasteiger partial charge in [-0.1, -0.05) is 12.1 Å². The average molecular weight is 262 g/mol. The summed E-state index contributed by atoms with van der Waals surface area (Å²) in [4.78, 5) is 35.2. The predicted molar refractivity (Wildman–Crippen MR) is 68.1 cm³/mol. The van der Waals surface area contributed by atoms with Gasteiger partial charge in [0.2, 0.25) is 0 Å². The van der Waals surface area contributed by atoms with Crippen LogP contribution in [-0.4, -0.2) is 41.0 Å². The van der Waals surface area contributed by atoms with Crippen LogP contribution < -0.4 is 0 Å². The van der Waals surface area contributed by atoms with Crippen LogP contribution in [0.15, 0.2) is 24.3 Å². The highest BCUT2D eigenvalue weighted by Gasteiger charge is 2.19. The summed E-state index contributed by atoms with van der Waals surface area (Å²) in [7, 11) is 0. The van der Waals surface area contributed by atoms with Gasteiger partial charge in [0, 0.05) is 43.6 Å². The fraction of sp³-hybridized carbons (Fsp3) is 0.385. The van der Waals surface area contributed by atoms with E-state index in [4.69, 9.17) is 0 Å². The van der Waals surface area contributed by atoms with E-state index in [1.807, 2.05) is 4.90 Å². The summed E-state index contributed by atoms with van der Waals surface area (Å²) >= 11 is 0. The van der Waals surface area contributed by atoms with Crippen LogP contribution >= 0.6 is 0 Å². The maximum absolute atomic E-state index is 12.0. The van der Waals surface area contributed by atoms with Crippen molar-refractivity contribution >= 4 is 17.3 Å². The molecule has 19 heavy (non-hydrogen) atoms. The number of nitrogens with zero attached hydrogens (tertiary/aromatic N) is 2. The zero-order valence-corrected chi connectivity index (χ0v) is 10.4. The van der Waals surface area contributed by atoms with Gasteiger partial charge in [0.15, 0.2) is 5.78 Å². The zero-order valence-electron chi connectivity index (χ0n) is 10.4. The van der Waals surface area contributed by atoms with Crippen molar-refractivity contribution in [2.75, 3.05) is 19.6 Å². The van der Waals surface area contributed by atoms with E-state index in [0.29, 0.717) is 31.5 Å². The lowest BCUT2D eigenvalue weighted by Gasteiger charge is -2.24. The summed E-state index contributed by atoms with van der Waals surface area (Å²) in [5, 5.41) is 10.6. The SMILES string of the molecule is O=C1CCN(CC(=O)c2cccc([N+](=O)[O-])c2)CC1. The molecule has 1 aliphatic rings. The molecule has 1 aromatic rings. The topological polar surface area (TPSA) is 80.5 Å². The molecule has 1 saturated heterocycles. The van der Waals surface area contributed by atoms with Gasteiger partial charge in [-0.3, -0.25) is 24.6 Å². The number of likely N-dealkylation sites (tertiary alicyclic amines) is 1. The van der Waals surface area contributed by atoms with E-state index in [1.54, 1.807) is 6.07 Å². The molecule has 6 nitrogen and oxygen atoms in total. The highest BCUT2D eigenvalue weighted by Crippen LogP contribution is 2.14.